The molecular weight excluding hydrogens is 721 g/mol. The highest BCUT2D eigenvalue weighted by atomic mass is 16.6. The zero-order valence-corrected chi connectivity index (χ0v) is 36.6. The summed E-state index contributed by atoms with van der Waals surface area (Å²) in [4.78, 5) is 39.3. The number of aromatic hydroxyl groups is 3. The molecule has 0 unspecified atom stereocenters. The smallest absolute Gasteiger partial charge is 0.306 e. The standard InChI is InChI=1S/C48H68O9/c1-13-33-22-30(25-37(43(33)52)46(4,5)6)16-19-40(49)55-28-36(57-42(51)21-18-32-24-35(15-3)45(54)39(27-32)48(10,11)12)29-56-41(50)20-17-31-23-34(14-2)44(53)38(26-31)47(7,8)9/h22-27,36,52-54H,13-21,28-29H2,1-12H3. The van der Waals surface area contributed by atoms with E-state index in [1.165, 1.54) is 0 Å². The Hall–Kier alpha value is -4.53. The van der Waals surface area contributed by atoms with Crippen LogP contribution in [0.4, 0.5) is 0 Å². The molecule has 3 rings (SSSR count). The number of benzene rings is 3. The SMILES string of the molecule is CCc1cc(CCC(=O)OCC(COC(=O)CCc2cc(CC)c(O)c(C(C)(C)C)c2)OC(=O)CCc2cc(CC)c(O)c(C(C)(C)C)c2)cc(C(C)(C)C)c1O. The van der Waals surface area contributed by atoms with Crippen LogP contribution < -0.4 is 0 Å². The lowest BCUT2D eigenvalue weighted by atomic mass is 9.83. The van der Waals surface area contributed by atoms with Crippen molar-refractivity contribution in [2.24, 2.45) is 0 Å². The maximum atomic E-state index is 13.2. The number of hydrogen-bond acceptors (Lipinski definition) is 9. The summed E-state index contributed by atoms with van der Waals surface area (Å²) in [5, 5.41) is 32.4. The van der Waals surface area contributed by atoms with Gasteiger partial charge in [-0.15, -0.1) is 0 Å². The quantitative estimate of drug-likeness (QED) is 0.0902. The number of esters is 3. The summed E-state index contributed by atoms with van der Waals surface area (Å²) in [6, 6.07) is 11.5. The third-order valence-electron chi connectivity index (χ3n) is 10.3. The molecule has 9 heteroatoms. The largest absolute Gasteiger partial charge is 0.507 e. The second-order valence-corrected chi connectivity index (χ2v) is 18.2. The zero-order chi connectivity index (χ0) is 42.9. The average Bonchev–Trinajstić information content (AvgIpc) is 3.12. The van der Waals surface area contributed by atoms with E-state index in [9.17, 15) is 29.7 Å². The monoisotopic (exact) mass is 788 g/mol. The van der Waals surface area contributed by atoms with Crippen molar-refractivity contribution in [3.8, 4) is 17.2 Å². The van der Waals surface area contributed by atoms with Crippen LogP contribution in [0.2, 0.25) is 0 Å². The highest BCUT2D eigenvalue weighted by Gasteiger charge is 2.25. The normalized spacial score (nSPS) is 12.2. The van der Waals surface area contributed by atoms with Crippen molar-refractivity contribution < 1.29 is 43.9 Å². The van der Waals surface area contributed by atoms with Gasteiger partial charge < -0.3 is 29.5 Å². The molecule has 0 atom stereocenters. The van der Waals surface area contributed by atoms with Crippen LogP contribution in [0.5, 0.6) is 17.2 Å². The molecule has 0 aliphatic heterocycles. The van der Waals surface area contributed by atoms with E-state index in [4.69, 9.17) is 14.2 Å². The van der Waals surface area contributed by atoms with E-state index >= 15 is 0 Å². The van der Waals surface area contributed by atoms with E-state index in [1.807, 2.05) is 119 Å². The minimum absolute atomic E-state index is 0.0311. The fourth-order valence-corrected chi connectivity index (χ4v) is 6.85. The summed E-state index contributed by atoms with van der Waals surface area (Å²) in [5.74, 6) is -0.686. The summed E-state index contributed by atoms with van der Waals surface area (Å²) in [6.07, 6.45) is 2.23. The molecule has 0 aromatic heterocycles. The third-order valence-corrected chi connectivity index (χ3v) is 10.3. The van der Waals surface area contributed by atoms with Gasteiger partial charge in [-0.25, -0.2) is 0 Å². The molecular formula is C48H68O9. The van der Waals surface area contributed by atoms with Crippen LogP contribution in [0.25, 0.3) is 0 Å². The Morgan fingerprint density at radius 1 is 0.491 bits per heavy atom. The number of ether oxygens (including phenoxy) is 3. The van der Waals surface area contributed by atoms with Crippen molar-refractivity contribution in [3.05, 3.63) is 86.5 Å². The molecule has 9 nitrogen and oxygen atoms in total. The fourth-order valence-electron chi connectivity index (χ4n) is 6.85. The summed E-state index contributed by atoms with van der Waals surface area (Å²) in [5.41, 5.74) is 6.73. The molecule has 57 heavy (non-hydrogen) atoms. The lowest BCUT2D eigenvalue weighted by Gasteiger charge is -2.23. The number of rotatable bonds is 17. The first-order valence-electron chi connectivity index (χ1n) is 20.5. The molecule has 3 N–H and O–H groups in total. The van der Waals surface area contributed by atoms with Gasteiger partial charge in [0, 0.05) is 19.3 Å². The molecule has 0 saturated heterocycles. The van der Waals surface area contributed by atoms with Crippen molar-refractivity contribution in [2.45, 2.75) is 163 Å². The predicted octanol–water partition coefficient (Wildman–Crippen LogP) is 9.58. The number of phenolic OH excluding ortho intramolecular Hbond substituents is 3. The van der Waals surface area contributed by atoms with Gasteiger partial charge in [-0.3, -0.25) is 14.4 Å². The summed E-state index contributed by atoms with van der Waals surface area (Å²) >= 11 is 0. The molecule has 0 bridgehead atoms. The number of phenols is 3. The van der Waals surface area contributed by atoms with Gasteiger partial charge in [0.15, 0.2) is 6.10 Å². The Kier molecular flexibility index (Phi) is 16.2. The van der Waals surface area contributed by atoms with Crippen LogP contribution in [-0.4, -0.2) is 52.5 Å². The number of hydrogen-bond donors (Lipinski definition) is 3. The van der Waals surface area contributed by atoms with Gasteiger partial charge in [0.25, 0.3) is 0 Å². The van der Waals surface area contributed by atoms with Crippen LogP contribution >= 0.6 is 0 Å². The molecule has 3 aromatic rings. The summed E-state index contributed by atoms with van der Waals surface area (Å²) in [6.45, 7) is 23.6. The average molecular weight is 789 g/mol. The van der Waals surface area contributed by atoms with Crippen LogP contribution in [-0.2, 0) is 83.4 Å². The molecule has 0 amide bonds. The Morgan fingerprint density at radius 2 is 0.772 bits per heavy atom. The fraction of sp³-hybridized carbons (Fsp3) is 0.562. The second kappa shape index (κ2) is 19.8. The minimum atomic E-state index is -1.03. The van der Waals surface area contributed by atoms with Gasteiger partial charge in [0.05, 0.1) is 0 Å². The lowest BCUT2D eigenvalue weighted by Crippen LogP contribution is -2.31. The zero-order valence-electron chi connectivity index (χ0n) is 36.6. The van der Waals surface area contributed by atoms with Crippen molar-refractivity contribution in [3.63, 3.8) is 0 Å². The second-order valence-electron chi connectivity index (χ2n) is 18.2. The maximum Gasteiger partial charge on any atom is 0.306 e. The summed E-state index contributed by atoms with van der Waals surface area (Å²) < 4.78 is 17.0. The first-order valence-corrected chi connectivity index (χ1v) is 20.5. The molecule has 0 fully saturated rings. The van der Waals surface area contributed by atoms with E-state index in [2.05, 4.69) is 0 Å². The Balaban J connectivity index is 1.72. The van der Waals surface area contributed by atoms with E-state index in [1.54, 1.807) is 0 Å². The van der Waals surface area contributed by atoms with Crippen LogP contribution in [0.15, 0.2) is 36.4 Å². The van der Waals surface area contributed by atoms with Gasteiger partial charge in [0.2, 0.25) is 0 Å². The summed E-state index contributed by atoms with van der Waals surface area (Å²) in [7, 11) is 0. The van der Waals surface area contributed by atoms with Gasteiger partial charge in [-0.2, -0.15) is 0 Å². The Bertz CT molecular complexity index is 1780. The first kappa shape index (κ1) is 46.8. The van der Waals surface area contributed by atoms with Gasteiger partial charge in [-0.1, -0.05) is 119 Å². The molecule has 0 aliphatic rings. The number of carbonyl (C=O) groups excluding carboxylic acids is 3. The van der Waals surface area contributed by atoms with Gasteiger partial charge in [-0.05, 0) is 105 Å². The predicted molar refractivity (Wildman–Crippen MR) is 225 cm³/mol. The highest BCUT2D eigenvalue weighted by molar-refractivity contribution is 5.72. The van der Waals surface area contributed by atoms with Crippen LogP contribution in [0.3, 0.4) is 0 Å². The van der Waals surface area contributed by atoms with Gasteiger partial charge >= 0.3 is 17.9 Å². The Morgan fingerprint density at radius 3 is 1.04 bits per heavy atom. The van der Waals surface area contributed by atoms with Crippen LogP contribution in [0.1, 0.15) is 152 Å². The van der Waals surface area contributed by atoms with E-state index in [0.29, 0.717) is 38.5 Å². The van der Waals surface area contributed by atoms with Crippen molar-refractivity contribution in [1.29, 1.82) is 0 Å². The first-order chi connectivity index (χ1) is 26.5. The van der Waals surface area contributed by atoms with E-state index < -0.39 is 24.0 Å². The third kappa shape index (κ3) is 13.5. The molecule has 0 heterocycles. The van der Waals surface area contributed by atoms with Gasteiger partial charge in [0.1, 0.15) is 30.5 Å². The number of aryl methyl sites for hydroxylation is 6. The van der Waals surface area contributed by atoms with Crippen molar-refractivity contribution in [2.75, 3.05) is 13.2 Å². The topological polar surface area (TPSA) is 140 Å². The van der Waals surface area contributed by atoms with Crippen molar-refractivity contribution in [1.82, 2.24) is 0 Å². The molecule has 0 aliphatic carbocycles. The Labute approximate surface area is 341 Å². The molecule has 0 spiro atoms. The molecule has 3 aromatic carbocycles. The lowest BCUT2D eigenvalue weighted by molar-refractivity contribution is -0.166. The van der Waals surface area contributed by atoms with Crippen molar-refractivity contribution >= 4 is 17.9 Å². The van der Waals surface area contributed by atoms with E-state index in [-0.39, 0.29) is 66.0 Å². The number of carbonyl (C=O) groups is 3. The highest BCUT2D eigenvalue weighted by Crippen LogP contribution is 2.37. The molecule has 0 saturated carbocycles. The molecule has 314 valence electrons. The van der Waals surface area contributed by atoms with Crippen LogP contribution in [0, 0.1) is 0 Å². The molecule has 0 radical (unpaired) electrons. The van der Waals surface area contributed by atoms with E-state index in [0.717, 1.165) is 50.1 Å². The minimum Gasteiger partial charge on any atom is -0.507 e. The maximum absolute atomic E-state index is 13.2.